The van der Waals surface area contributed by atoms with Crippen LogP contribution >= 0.6 is 0 Å². The van der Waals surface area contributed by atoms with E-state index >= 15 is 0 Å². The molecule has 0 saturated carbocycles. The summed E-state index contributed by atoms with van der Waals surface area (Å²) in [6.45, 7) is 2.56. The maximum absolute atomic E-state index is 12.1. The molecule has 3 rings (SSSR count). The number of aromatic nitrogens is 2. The molecule has 0 atom stereocenters. The molecule has 0 radical (unpaired) electrons. The highest BCUT2D eigenvalue weighted by atomic mass is 32.2. The molecule has 2 aromatic rings. The molecule has 1 fully saturated rings. The van der Waals surface area contributed by atoms with Crippen LogP contribution in [0.25, 0.3) is 11.0 Å². The van der Waals surface area contributed by atoms with Gasteiger partial charge in [-0.2, -0.15) is 0 Å². The highest BCUT2D eigenvalue weighted by Gasteiger charge is 2.24. The SMILES string of the molecule is Cc1cccc2c1[nH]c(=O)n2CC1CCS(=O)(=O)CC1. The van der Waals surface area contributed by atoms with Gasteiger partial charge in [-0.15, -0.1) is 0 Å². The van der Waals surface area contributed by atoms with E-state index in [2.05, 4.69) is 4.98 Å². The van der Waals surface area contributed by atoms with Crippen molar-refractivity contribution in [2.45, 2.75) is 26.3 Å². The lowest BCUT2D eigenvalue weighted by Gasteiger charge is -2.22. The number of para-hydroxylation sites is 1. The van der Waals surface area contributed by atoms with Crippen LogP contribution in [0.5, 0.6) is 0 Å². The monoisotopic (exact) mass is 294 g/mol. The van der Waals surface area contributed by atoms with E-state index in [4.69, 9.17) is 0 Å². The van der Waals surface area contributed by atoms with E-state index in [0.29, 0.717) is 19.4 Å². The second kappa shape index (κ2) is 4.77. The van der Waals surface area contributed by atoms with Gasteiger partial charge in [0.05, 0.1) is 22.5 Å². The van der Waals surface area contributed by atoms with Crippen LogP contribution in [0.3, 0.4) is 0 Å². The number of sulfone groups is 1. The number of fused-ring (bicyclic) bond motifs is 1. The Morgan fingerprint density at radius 3 is 2.70 bits per heavy atom. The number of hydrogen-bond donors (Lipinski definition) is 1. The minimum atomic E-state index is -2.85. The Bertz CT molecular complexity index is 787. The van der Waals surface area contributed by atoms with Gasteiger partial charge in [-0.3, -0.25) is 4.57 Å². The van der Waals surface area contributed by atoms with E-state index in [1.807, 2.05) is 25.1 Å². The normalized spacial score (nSPS) is 19.4. The van der Waals surface area contributed by atoms with Crippen LogP contribution in [0.15, 0.2) is 23.0 Å². The summed E-state index contributed by atoms with van der Waals surface area (Å²) < 4.78 is 24.6. The van der Waals surface area contributed by atoms with Gasteiger partial charge < -0.3 is 4.98 Å². The zero-order chi connectivity index (χ0) is 14.3. The first-order valence-electron chi connectivity index (χ1n) is 6.85. The topological polar surface area (TPSA) is 71.9 Å². The number of hydrogen-bond acceptors (Lipinski definition) is 3. The van der Waals surface area contributed by atoms with Crippen molar-refractivity contribution < 1.29 is 8.42 Å². The molecule has 0 aliphatic carbocycles. The Hall–Kier alpha value is -1.56. The fourth-order valence-electron chi connectivity index (χ4n) is 2.88. The van der Waals surface area contributed by atoms with Gasteiger partial charge >= 0.3 is 5.69 Å². The van der Waals surface area contributed by atoms with Crippen LogP contribution in [0.2, 0.25) is 0 Å². The molecule has 1 aromatic heterocycles. The van der Waals surface area contributed by atoms with Gasteiger partial charge in [0.25, 0.3) is 0 Å². The molecule has 20 heavy (non-hydrogen) atoms. The Morgan fingerprint density at radius 2 is 2.00 bits per heavy atom. The van der Waals surface area contributed by atoms with E-state index in [9.17, 15) is 13.2 Å². The molecule has 2 heterocycles. The quantitative estimate of drug-likeness (QED) is 0.911. The van der Waals surface area contributed by atoms with Gasteiger partial charge in [-0.1, -0.05) is 12.1 Å². The fraction of sp³-hybridized carbons (Fsp3) is 0.500. The summed E-state index contributed by atoms with van der Waals surface area (Å²) in [5.41, 5.74) is 2.72. The Labute approximate surface area is 117 Å². The summed E-state index contributed by atoms with van der Waals surface area (Å²) in [7, 11) is -2.85. The van der Waals surface area contributed by atoms with Crippen molar-refractivity contribution >= 4 is 20.9 Å². The second-order valence-electron chi connectivity index (χ2n) is 5.60. The van der Waals surface area contributed by atoms with Gasteiger partial charge in [-0.05, 0) is 37.3 Å². The number of imidazole rings is 1. The summed E-state index contributed by atoms with van der Waals surface area (Å²) in [4.78, 5) is 15.0. The highest BCUT2D eigenvalue weighted by molar-refractivity contribution is 7.91. The highest BCUT2D eigenvalue weighted by Crippen LogP contribution is 2.22. The number of benzene rings is 1. The number of aromatic amines is 1. The number of aryl methyl sites for hydroxylation is 1. The number of nitrogens with zero attached hydrogens (tertiary/aromatic N) is 1. The molecule has 1 aromatic carbocycles. The van der Waals surface area contributed by atoms with Crippen LogP contribution in [-0.4, -0.2) is 29.5 Å². The van der Waals surface area contributed by atoms with Crippen molar-refractivity contribution in [1.82, 2.24) is 9.55 Å². The predicted molar refractivity (Wildman–Crippen MR) is 78.7 cm³/mol. The zero-order valence-electron chi connectivity index (χ0n) is 11.4. The molecule has 1 aliphatic heterocycles. The lowest BCUT2D eigenvalue weighted by molar-refractivity contribution is 0.404. The molecule has 108 valence electrons. The molecule has 5 nitrogen and oxygen atoms in total. The molecular formula is C14H18N2O3S. The minimum absolute atomic E-state index is 0.109. The lowest BCUT2D eigenvalue weighted by Crippen LogP contribution is -2.29. The molecule has 1 saturated heterocycles. The Balaban J connectivity index is 1.90. The molecule has 0 bridgehead atoms. The van der Waals surface area contributed by atoms with Gasteiger partial charge in [0, 0.05) is 6.54 Å². The van der Waals surface area contributed by atoms with Crippen molar-refractivity contribution in [3.8, 4) is 0 Å². The molecule has 1 N–H and O–H groups in total. The van der Waals surface area contributed by atoms with Gasteiger partial charge in [0.2, 0.25) is 0 Å². The van der Waals surface area contributed by atoms with E-state index in [1.165, 1.54) is 0 Å². The fourth-order valence-corrected chi connectivity index (χ4v) is 4.47. The third-order valence-electron chi connectivity index (χ3n) is 4.13. The standard InChI is InChI=1S/C14H18N2O3S/c1-10-3-2-4-12-13(10)15-14(17)16(12)9-11-5-7-20(18,19)8-6-11/h2-4,11H,5-9H2,1H3,(H,15,17). The summed E-state index contributed by atoms with van der Waals surface area (Å²) in [5, 5.41) is 0. The summed E-state index contributed by atoms with van der Waals surface area (Å²) in [6, 6.07) is 5.84. The van der Waals surface area contributed by atoms with Crippen LogP contribution in [0, 0.1) is 12.8 Å². The maximum Gasteiger partial charge on any atom is 0.326 e. The smallest absolute Gasteiger partial charge is 0.305 e. The van der Waals surface area contributed by atoms with E-state index in [-0.39, 0.29) is 23.1 Å². The molecule has 1 aliphatic rings. The van der Waals surface area contributed by atoms with E-state index < -0.39 is 9.84 Å². The molecule has 6 heteroatoms. The summed E-state index contributed by atoms with van der Waals surface area (Å²) >= 11 is 0. The Kier molecular flexibility index (Phi) is 3.20. The number of H-pyrrole nitrogens is 1. The third-order valence-corrected chi connectivity index (χ3v) is 5.85. The average Bonchev–Trinajstić information content (AvgIpc) is 2.71. The first kappa shape index (κ1) is 13.4. The van der Waals surface area contributed by atoms with Crippen LogP contribution in [-0.2, 0) is 16.4 Å². The van der Waals surface area contributed by atoms with Crippen LogP contribution < -0.4 is 5.69 Å². The Morgan fingerprint density at radius 1 is 1.30 bits per heavy atom. The molecular weight excluding hydrogens is 276 g/mol. The first-order valence-corrected chi connectivity index (χ1v) is 8.67. The van der Waals surface area contributed by atoms with E-state index in [1.54, 1.807) is 4.57 Å². The van der Waals surface area contributed by atoms with Gasteiger partial charge in [0.1, 0.15) is 9.84 Å². The summed E-state index contributed by atoms with van der Waals surface area (Å²) in [6.07, 6.45) is 1.29. The largest absolute Gasteiger partial charge is 0.326 e. The van der Waals surface area contributed by atoms with Crippen molar-refractivity contribution in [3.05, 3.63) is 34.2 Å². The average molecular weight is 294 g/mol. The number of rotatable bonds is 2. The van der Waals surface area contributed by atoms with Crippen LogP contribution in [0.1, 0.15) is 18.4 Å². The first-order chi connectivity index (χ1) is 9.46. The maximum atomic E-state index is 12.1. The third kappa shape index (κ3) is 2.40. The van der Waals surface area contributed by atoms with Gasteiger partial charge in [-0.25, -0.2) is 13.2 Å². The molecule has 0 amide bonds. The van der Waals surface area contributed by atoms with Crippen molar-refractivity contribution in [2.24, 2.45) is 5.92 Å². The van der Waals surface area contributed by atoms with E-state index in [0.717, 1.165) is 16.6 Å². The predicted octanol–water partition coefficient (Wildman–Crippen LogP) is 1.46. The van der Waals surface area contributed by atoms with Crippen molar-refractivity contribution in [2.75, 3.05) is 11.5 Å². The van der Waals surface area contributed by atoms with Crippen molar-refractivity contribution in [3.63, 3.8) is 0 Å². The van der Waals surface area contributed by atoms with Crippen LogP contribution in [0.4, 0.5) is 0 Å². The molecule has 0 spiro atoms. The zero-order valence-corrected chi connectivity index (χ0v) is 12.2. The lowest BCUT2D eigenvalue weighted by atomic mass is 10.0. The van der Waals surface area contributed by atoms with Gasteiger partial charge in [0.15, 0.2) is 0 Å². The minimum Gasteiger partial charge on any atom is -0.305 e. The second-order valence-corrected chi connectivity index (χ2v) is 7.91. The summed E-state index contributed by atoms with van der Waals surface area (Å²) in [5.74, 6) is 0.748. The van der Waals surface area contributed by atoms with Crippen molar-refractivity contribution in [1.29, 1.82) is 0 Å². The molecule has 0 unspecified atom stereocenters. The number of nitrogens with one attached hydrogen (secondary N) is 1.